The van der Waals surface area contributed by atoms with E-state index in [-0.39, 0.29) is 0 Å². The van der Waals surface area contributed by atoms with Crippen LogP contribution in [0.5, 0.6) is 0 Å². The predicted octanol–water partition coefficient (Wildman–Crippen LogP) is 4.91. The molecule has 0 N–H and O–H groups in total. The molecule has 2 aliphatic carbocycles. The molecule has 0 aliphatic heterocycles. The van der Waals surface area contributed by atoms with Gasteiger partial charge in [-0.1, -0.05) is 83.4 Å². The van der Waals surface area contributed by atoms with Gasteiger partial charge in [0.2, 0.25) is 3.79 Å². The molecule has 16 heavy (non-hydrogen) atoms. The minimum atomic E-state index is -1.32. The van der Waals surface area contributed by atoms with Crippen LogP contribution in [0.15, 0.2) is 59.8 Å². The Hall–Kier alpha value is -0.430. The van der Waals surface area contributed by atoms with Gasteiger partial charge in [0.1, 0.15) is 0 Å². The van der Waals surface area contributed by atoms with Gasteiger partial charge in [-0.25, -0.2) is 0 Å². The van der Waals surface area contributed by atoms with Crippen LogP contribution in [0.2, 0.25) is 0 Å². The van der Waals surface area contributed by atoms with Crippen LogP contribution in [0, 0.1) is 5.41 Å². The summed E-state index contributed by atoms with van der Waals surface area (Å²) in [4.78, 5) is 0. The molecule has 0 saturated carbocycles. The zero-order valence-corrected chi connectivity index (χ0v) is 11.0. The van der Waals surface area contributed by atoms with Crippen molar-refractivity contribution >= 4 is 34.8 Å². The van der Waals surface area contributed by atoms with Gasteiger partial charge in [0.15, 0.2) is 0 Å². The third-order valence-electron chi connectivity index (χ3n) is 2.83. The highest BCUT2D eigenvalue weighted by atomic mass is 35.6. The summed E-state index contributed by atoms with van der Waals surface area (Å²) in [6.07, 6.45) is 16.0. The first-order valence-electron chi connectivity index (χ1n) is 4.97. The zero-order chi connectivity index (χ0) is 11.8. The highest BCUT2D eigenvalue weighted by Crippen LogP contribution is 2.48. The Morgan fingerprint density at radius 3 is 1.75 bits per heavy atom. The topological polar surface area (TPSA) is 0 Å². The second-order valence-electron chi connectivity index (χ2n) is 4.08. The number of alkyl halides is 3. The normalized spacial score (nSPS) is 28.2. The third-order valence-corrected chi connectivity index (χ3v) is 4.05. The molecular weight excluding hydrogens is 263 g/mol. The number of allylic oxidation sites excluding steroid dienone is 10. The van der Waals surface area contributed by atoms with Crippen LogP contribution in [-0.4, -0.2) is 3.79 Å². The van der Waals surface area contributed by atoms with Crippen molar-refractivity contribution < 1.29 is 0 Å². The fourth-order valence-corrected chi connectivity index (χ4v) is 1.96. The Bertz CT molecular complexity index is 412. The van der Waals surface area contributed by atoms with E-state index in [2.05, 4.69) is 12.2 Å². The average Bonchev–Trinajstić information content (AvgIpc) is 2.70. The third kappa shape index (κ3) is 2.15. The smallest absolute Gasteiger partial charge is 0.0823 e. The monoisotopic (exact) mass is 272 g/mol. The van der Waals surface area contributed by atoms with E-state index in [1.165, 1.54) is 5.57 Å². The molecule has 0 radical (unpaired) electrons. The Morgan fingerprint density at radius 2 is 1.31 bits per heavy atom. The van der Waals surface area contributed by atoms with E-state index in [1.807, 2.05) is 43.4 Å². The summed E-state index contributed by atoms with van der Waals surface area (Å²) in [6.45, 7) is 1.90. The lowest BCUT2D eigenvalue weighted by atomic mass is 9.85. The predicted molar refractivity (Wildman–Crippen MR) is 72.0 cm³/mol. The molecule has 0 saturated heterocycles. The van der Waals surface area contributed by atoms with E-state index in [0.717, 1.165) is 5.57 Å². The van der Waals surface area contributed by atoms with Crippen LogP contribution in [0.4, 0.5) is 0 Å². The molecule has 0 fully saturated rings. The fourth-order valence-electron chi connectivity index (χ4n) is 1.58. The maximum Gasteiger partial charge on any atom is 0.202 e. The van der Waals surface area contributed by atoms with Crippen molar-refractivity contribution in [3.8, 4) is 0 Å². The molecule has 0 amide bonds. The van der Waals surface area contributed by atoms with Crippen LogP contribution < -0.4 is 0 Å². The summed E-state index contributed by atoms with van der Waals surface area (Å²) in [5.74, 6) is 0. The second-order valence-corrected chi connectivity index (χ2v) is 6.36. The van der Waals surface area contributed by atoms with Gasteiger partial charge >= 0.3 is 0 Å². The first-order chi connectivity index (χ1) is 7.42. The summed E-state index contributed by atoms with van der Waals surface area (Å²) in [5.41, 5.74) is 1.77. The van der Waals surface area contributed by atoms with Gasteiger partial charge in [-0.2, -0.15) is 0 Å². The quantitative estimate of drug-likeness (QED) is 0.550. The van der Waals surface area contributed by atoms with Crippen molar-refractivity contribution in [2.45, 2.75) is 10.7 Å². The van der Waals surface area contributed by atoms with Crippen molar-refractivity contribution in [2.24, 2.45) is 5.41 Å². The molecule has 0 aromatic heterocycles. The lowest BCUT2D eigenvalue weighted by molar-refractivity contribution is 0.562. The van der Waals surface area contributed by atoms with E-state index in [1.54, 1.807) is 0 Å². The zero-order valence-electron chi connectivity index (χ0n) is 8.75. The SMILES string of the molecule is CC1(C(Cl)(Cl)Cl)C=CC(=C2C=CC=C2)C=C1. The Kier molecular flexibility index (Phi) is 3.09. The van der Waals surface area contributed by atoms with Crippen LogP contribution in [0.3, 0.4) is 0 Å². The number of halogens is 3. The standard InChI is InChI=1S/C13H11Cl3/c1-12(13(14,15)16)8-6-11(7-9-12)10-4-2-3-5-10/h2-9H,1H3. The summed E-state index contributed by atoms with van der Waals surface area (Å²) in [6, 6.07) is 0. The maximum atomic E-state index is 5.94. The molecule has 2 aliphatic rings. The molecule has 0 unspecified atom stereocenters. The molecule has 3 heteroatoms. The molecule has 0 nitrogen and oxygen atoms in total. The summed E-state index contributed by atoms with van der Waals surface area (Å²) in [5, 5.41) is 0. The highest BCUT2D eigenvalue weighted by molar-refractivity contribution is 6.68. The van der Waals surface area contributed by atoms with Gasteiger partial charge < -0.3 is 0 Å². The van der Waals surface area contributed by atoms with Crippen molar-refractivity contribution in [3.05, 3.63) is 59.8 Å². The van der Waals surface area contributed by atoms with Crippen LogP contribution in [-0.2, 0) is 0 Å². The van der Waals surface area contributed by atoms with Crippen molar-refractivity contribution in [1.82, 2.24) is 0 Å². The Balaban J connectivity index is 2.31. The lowest BCUT2D eigenvalue weighted by Gasteiger charge is -2.32. The second kappa shape index (κ2) is 4.10. The largest absolute Gasteiger partial charge is 0.202 e. The van der Waals surface area contributed by atoms with E-state index >= 15 is 0 Å². The van der Waals surface area contributed by atoms with Crippen molar-refractivity contribution in [1.29, 1.82) is 0 Å². The Morgan fingerprint density at radius 1 is 0.875 bits per heavy atom. The lowest BCUT2D eigenvalue weighted by Crippen LogP contribution is -2.29. The summed E-state index contributed by atoms with van der Waals surface area (Å²) in [7, 11) is 0. The van der Waals surface area contributed by atoms with Crippen LogP contribution in [0.1, 0.15) is 6.92 Å². The van der Waals surface area contributed by atoms with E-state index < -0.39 is 9.21 Å². The summed E-state index contributed by atoms with van der Waals surface area (Å²) < 4.78 is -1.32. The first-order valence-corrected chi connectivity index (χ1v) is 6.10. The van der Waals surface area contributed by atoms with Gasteiger partial charge in [-0.05, 0) is 18.1 Å². The van der Waals surface area contributed by atoms with Crippen LogP contribution >= 0.6 is 34.8 Å². The van der Waals surface area contributed by atoms with Crippen LogP contribution in [0.25, 0.3) is 0 Å². The van der Waals surface area contributed by atoms with E-state index in [9.17, 15) is 0 Å². The molecular formula is C13H11Cl3. The van der Waals surface area contributed by atoms with Crippen molar-refractivity contribution in [2.75, 3.05) is 0 Å². The number of rotatable bonds is 0. The summed E-state index contributed by atoms with van der Waals surface area (Å²) >= 11 is 17.8. The van der Waals surface area contributed by atoms with Crippen molar-refractivity contribution in [3.63, 3.8) is 0 Å². The maximum absolute atomic E-state index is 5.94. The molecule has 0 heterocycles. The molecule has 84 valence electrons. The van der Waals surface area contributed by atoms with Gasteiger partial charge in [0.05, 0.1) is 5.41 Å². The minimum absolute atomic E-state index is 0.548. The molecule has 0 bridgehead atoms. The van der Waals surface area contributed by atoms with Gasteiger partial charge in [0.25, 0.3) is 0 Å². The molecule has 0 aromatic carbocycles. The van der Waals surface area contributed by atoms with Gasteiger partial charge in [0, 0.05) is 0 Å². The first kappa shape index (κ1) is 12.0. The van der Waals surface area contributed by atoms with Gasteiger partial charge in [-0.3, -0.25) is 0 Å². The number of hydrogen-bond acceptors (Lipinski definition) is 0. The van der Waals surface area contributed by atoms with E-state index in [4.69, 9.17) is 34.8 Å². The molecule has 0 atom stereocenters. The molecule has 2 rings (SSSR count). The highest BCUT2D eigenvalue weighted by Gasteiger charge is 2.41. The fraction of sp³-hybridized carbons (Fsp3) is 0.231. The number of hydrogen-bond donors (Lipinski definition) is 0. The average molecular weight is 274 g/mol. The van der Waals surface area contributed by atoms with Gasteiger partial charge in [-0.15, -0.1) is 0 Å². The minimum Gasteiger partial charge on any atom is -0.0823 e. The Labute approximate surface area is 111 Å². The molecule has 0 spiro atoms. The van der Waals surface area contributed by atoms with E-state index in [0.29, 0.717) is 0 Å². The molecule has 0 aromatic rings.